The minimum atomic E-state index is 0.730. The number of nitrogens with two attached hydrogens (primary N) is 1. The molecule has 6 heteroatoms. The number of methoxy groups -OCH3 is 1. The Morgan fingerprint density at radius 3 is 2.48 bits per heavy atom. The minimum Gasteiger partial charge on any atom is -0.497 e. The van der Waals surface area contributed by atoms with Crippen molar-refractivity contribution in [1.29, 1.82) is 0 Å². The molecule has 0 saturated carbocycles. The topological polar surface area (TPSA) is 48.1 Å². The molecule has 0 unspecified atom stereocenters. The minimum absolute atomic E-state index is 0.730. The smallest absolute Gasteiger partial charge is 0.152 e. The highest BCUT2D eigenvalue weighted by Gasteiger charge is 2.11. The summed E-state index contributed by atoms with van der Waals surface area (Å²) in [5, 5.41) is 1.48. The highest BCUT2D eigenvalue weighted by Crippen LogP contribution is 2.37. The maximum Gasteiger partial charge on any atom is 0.152 e. The van der Waals surface area contributed by atoms with Crippen LogP contribution >= 0.6 is 34.7 Å². The number of hydrogen-bond acceptors (Lipinski definition) is 5. The molecule has 0 aliphatic rings. The molecule has 0 saturated heterocycles. The van der Waals surface area contributed by atoms with Gasteiger partial charge in [0.05, 0.1) is 7.11 Å². The van der Waals surface area contributed by atoms with E-state index in [1.165, 1.54) is 16.9 Å². The first kappa shape index (κ1) is 16.2. The fraction of sp³-hybridized carbons (Fsp3) is 0.118. The number of halogens is 1. The van der Waals surface area contributed by atoms with Crippen LogP contribution in [0.3, 0.4) is 0 Å². The van der Waals surface area contributed by atoms with Gasteiger partial charge in [0.25, 0.3) is 0 Å². The molecule has 0 fully saturated rings. The lowest BCUT2D eigenvalue weighted by molar-refractivity contribution is 0.415. The number of ether oxygens (including phenoxy) is 1. The summed E-state index contributed by atoms with van der Waals surface area (Å²) < 4.78 is 6.14. The van der Waals surface area contributed by atoms with Gasteiger partial charge in [0, 0.05) is 16.3 Å². The molecule has 3 aromatic rings. The number of anilines is 1. The van der Waals surface area contributed by atoms with Gasteiger partial charge in [-0.2, -0.15) is 0 Å². The monoisotopic (exact) mass is 362 g/mol. The lowest BCUT2D eigenvalue weighted by Crippen LogP contribution is -1.87. The quantitative estimate of drug-likeness (QED) is 0.622. The molecule has 23 heavy (non-hydrogen) atoms. The molecular weight excluding hydrogens is 348 g/mol. The number of rotatable bonds is 5. The molecule has 2 N–H and O–H groups in total. The molecule has 2 aromatic carbocycles. The maximum atomic E-state index is 6.13. The highest BCUT2D eigenvalue weighted by atomic mass is 35.5. The molecule has 0 radical (unpaired) electrons. The van der Waals surface area contributed by atoms with E-state index in [0.717, 1.165) is 37.1 Å². The summed E-state index contributed by atoms with van der Waals surface area (Å²) >= 11 is 9.09. The van der Waals surface area contributed by atoms with Gasteiger partial charge in [0.2, 0.25) is 0 Å². The fourth-order valence-electron chi connectivity index (χ4n) is 2.05. The summed E-state index contributed by atoms with van der Waals surface area (Å²) in [4.78, 5) is 4.66. The zero-order valence-corrected chi connectivity index (χ0v) is 14.8. The van der Waals surface area contributed by atoms with Crippen LogP contribution in [-0.4, -0.2) is 12.1 Å². The number of nitrogens with zero attached hydrogens (tertiary/aromatic N) is 1. The predicted molar refractivity (Wildman–Crippen MR) is 99.5 cm³/mol. The first-order valence-electron chi connectivity index (χ1n) is 6.93. The van der Waals surface area contributed by atoms with Gasteiger partial charge in [-0.1, -0.05) is 46.8 Å². The van der Waals surface area contributed by atoms with Crippen LogP contribution in [0.15, 0.2) is 52.9 Å². The third-order valence-electron chi connectivity index (χ3n) is 3.27. The van der Waals surface area contributed by atoms with Crippen molar-refractivity contribution < 1.29 is 4.74 Å². The second-order valence-electron chi connectivity index (χ2n) is 4.84. The van der Waals surface area contributed by atoms with Crippen molar-refractivity contribution >= 4 is 39.7 Å². The first-order valence-corrected chi connectivity index (χ1v) is 9.11. The molecule has 3 nitrogen and oxygen atoms in total. The number of aromatic nitrogens is 1. The van der Waals surface area contributed by atoms with Gasteiger partial charge in [-0.25, -0.2) is 4.98 Å². The Morgan fingerprint density at radius 2 is 1.83 bits per heavy atom. The van der Waals surface area contributed by atoms with Crippen LogP contribution in [0.25, 0.3) is 11.3 Å². The zero-order chi connectivity index (χ0) is 16.2. The standard InChI is InChI=1S/C17H15ClN2OS2/c1-21-14-8-4-12(5-9-14)15-16(19)23-17(20-15)22-10-11-2-6-13(18)7-3-11/h2-9H,10,19H2,1H3. The van der Waals surface area contributed by atoms with Crippen LogP contribution in [0.5, 0.6) is 5.75 Å². The number of benzene rings is 2. The SMILES string of the molecule is COc1ccc(-c2nc(SCc3ccc(Cl)cc3)sc2N)cc1. The molecule has 1 heterocycles. The van der Waals surface area contributed by atoms with Crippen molar-refractivity contribution in [3.8, 4) is 17.0 Å². The molecule has 1 aromatic heterocycles. The predicted octanol–water partition coefficient (Wildman–Crippen LogP) is 5.35. The van der Waals surface area contributed by atoms with Crippen LogP contribution in [0.4, 0.5) is 5.00 Å². The Morgan fingerprint density at radius 1 is 1.13 bits per heavy atom. The average molecular weight is 363 g/mol. The largest absolute Gasteiger partial charge is 0.497 e. The van der Waals surface area contributed by atoms with Crippen LogP contribution in [0, 0.1) is 0 Å². The highest BCUT2D eigenvalue weighted by molar-refractivity contribution is 8.00. The van der Waals surface area contributed by atoms with Gasteiger partial charge < -0.3 is 10.5 Å². The van der Waals surface area contributed by atoms with Crippen molar-refractivity contribution in [3.05, 3.63) is 59.1 Å². The molecule has 0 aliphatic heterocycles. The summed E-state index contributed by atoms with van der Waals surface area (Å²) in [6, 6.07) is 15.6. The van der Waals surface area contributed by atoms with Crippen molar-refractivity contribution in [1.82, 2.24) is 4.98 Å². The Bertz CT molecular complexity index is 785. The molecule has 0 atom stereocenters. The Kier molecular flexibility index (Phi) is 5.10. The molecule has 0 amide bonds. The molecular formula is C17H15ClN2OS2. The Hall–Kier alpha value is -1.69. The van der Waals surface area contributed by atoms with E-state index in [0.29, 0.717) is 0 Å². The van der Waals surface area contributed by atoms with Gasteiger partial charge in [-0.15, -0.1) is 0 Å². The maximum absolute atomic E-state index is 6.13. The molecule has 0 aliphatic carbocycles. The van der Waals surface area contributed by atoms with E-state index in [-0.39, 0.29) is 0 Å². The summed E-state index contributed by atoms with van der Waals surface area (Å²) in [6.45, 7) is 0. The van der Waals surface area contributed by atoms with E-state index >= 15 is 0 Å². The van der Waals surface area contributed by atoms with Gasteiger partial charge in [0.15, 0.2) is 4.34 Å². The molecule has 0 bridgehead atoms. The molecule has 118 valence electrons. The van der Waals surface area contributed by atoms with E-state index in [1.807, 2.05) is 48.5 Å². The fourth-order valence-corrected chi connectivity index (χ4v) is 4.09. The third kappa shape index (κ3) is 3.99. The third-order valence-corrected chi connectivity index (χ3v) is 5.62. The number of thioether (sulfide) groups is 1. The second-order valence-corrected chi connectivity index (χ2v) is 7.53. The zero-order valence-electron chi connectivity index (χ0n) is 12.5. The lowest BCUT2D eigenvalue weighted by Gasteiger charge is -2.01. The van der Waals surface area contributed by atoms with E-state index in [4.69, 9.17) is 22.1 Å². The summed E-state index contributed by atoms with van der Waals surface area (Å²) in [5.74, 6) is 1.66. The van der Waals surface area contributed by atoms with E-state index < -0.39 is 0 Å². The summed E-state index contributed by atoms with van der Waals surface area (Å²) in [7, 11) is 1.65. The van der Waals surface area contributed by atoms with E-state index in [1.54, 1.807) is 18.9 Å². The normalized spacial score (nSPS) is 10.7. The number of nitrogen functional groups attached to an aromatic ring is 1. The Labute approximate surface area is 148 Å². The lowest BCUT2D eigenvalue weighted by atomic mass is 10.1. The Balaban J connectivity index is 1.73. The number of thiazole rings is 1. The van der Waals surface area contributed by atoms with Crippen LogP contribution in [0.2, 0.25) is 5.02 Å². The molecule has 3 rings (SSSR count). The summed E-state index contributed by atoms with van der Waals surface area (Å²) in [6.07, 6.45) is 0. The number of hydrogen-bond donors (Lipinski definition) is 1. The molecule has 0 spiro atoms. The van der Waals surface area contributed by atoms with Gasteiger partial charge in [0.1, 0.15) is 16.4 Å². The van der Waals surface area contributed by atoms with Crippen molar-refractivity contribution in [3.63, 3.8) is 0 Å². The van der Waals surface area contributed by atoms with Crippen molar-refractivity contribution in [2.75, 3.05) is 12.8 Å². The summed E-state index contributed by atoms with van der Waals surface area (Å²) in [5.41, 5.74) is 9.16. The van der Waals surface area contributed by atoms with Gasteiger partial charge >= 0.3 is 0 Å². The average Bonchev–Trinajstić information content (AvgIpc) is 2.95. The van der Waals surface area contributed by atoms with Crippen LogP contribution < -0.4 is 10.5 Å². The second kappa shape index (κ2) is 7.25. The van der Waals surface area contributed by atoms with Gasteiger partial charge in [-0.05, 0) is 42.0 Å². The van der Waals surface area contributed by atoms with Crippen molar-refractivity contribution in [2.24, 2.45) is 0 Å². The van der Waals surface area contributed by atoms with E-state index in [9.17, 15) is 0 Å². The first-order chi connectivity index (χ1) is 11.2. The van der Waals surface area contributed by atoms with Crippen LogP contribution in [-0.2, 0) is 5.75 Å². The van der Waals surface area contributed by atoms with Crippen molar-refractivity contribution in [2.45, 2.75) is 10.1 Å². The van der Waals surface area contributed by atoms with Crippen LogP contribution in [0.1, 0.15) is 5.56 Å². The van der Waals surface area contributed by atoms with Gasteiger partial charge in [-0.3, -0.25) is 0 Å². The van der Waals surface area contributed by atoms with E-state index in [2.05, 4.69) is 4.98 Å².